The predicted octanol–water partition coefficient (Wildman–Crippen LogP) is 3.23. The molecule has 1 atom stereocenters. The van der Waals surface area contributed by atoms with Crippen LogP contribution in [0.4, 0.5) is 0 Å². The molecule has 0 saturated carbocycles. The first-order chi connectivity index (χ1) is 10.2. The zero-order chi connectivity index (χ0) is 15.2. The second kappa shape index (κ2) is 7.54. The molecule has 1 fully saturated rings. The molecule has 1 aliphatic heterocycles. The zero-order valence-electron chi connectivity index (χ0n) is 13.6. The fourth-order valence-electron chi connectivity index (χ4n) is 2.89. The van der Waals surface area contributed by atoms with Crippen molar-refractivity contribution in [1.82, 2.24) is 0 Å². The summed E-state index contributed by atoms with van der Waals surface area (Å²) < 4.78 is 17.9. The molecule has 3 nitrogen and oxygen atoms in total. The largest absolute Gasteiger partial charge is 0.391 e. The van der Waals surface area contributed by atoms with Gasteiger partial charge >= 0.3 is 8.56 Å². The molecular weight excluding hydrogens is 280 g/mol. The van der Waals surface area contributed by atoms with Crippen molar-refractivity contribution in [2.75, 3.05) is 26.4 Å². The zero-order valence-corrected chi connectivity index (χ0v) is 14.6. The summed E-state index contributed by atoms with van der Waals surface area (Å²) in [6.45, 7) is 9.71. The van der Waals surface area contributed by atoms with Crippen LogP contribution in [-0.2, 0) is 13.6 Å². The first-order valence-electron chi connectivity index (χ1n) is 8.11. The molecule has 2 rings (SSSR count). The molecule has 4 heteroatoms. The SMILES string of the molecule is CCO[Si](CC)(OCCC1(CC)COC1)c1ccccc1. The summed E-state index contributed by atoms with van der Waals surface area (Å²) in [5, 5.41) is 1.24. The van der Waals surface area contributed by atoms with E-state index in [0.717, 1.165) is 38.7 Å². The summed E-state index contributed by atoms with van der Waals surface area (Å²) in [6, 6.07) is 11.4. The second-order valence-corrected chi connectivity index (χ2v) is 9.22. The van der Waals surface area contributed by atoms with Gasteiger partial charge in [0.2, 0.25) is 0 Å². The molecule has 1 aromatic rings. The van der Waals surface area contributed by atoms with Gasteiger partial charge < -0.3 is 13.6 Å². The van der Waals surface area contributed by atoms with Crippen LogP contribution in [0.1, 0.15) is 33.6 Å². The number of hydrogen-bond acceptors (Lipinski definition) is 3. The molecular formula is C17H28O3Si. The monoisotopic (exact) mass is 308 g/mol. The van der Waals surface area contributed by atoms with Gasteiger partial charge in [0.15, 0.2) is 0 Å². The molecule has 1 saturated heterocycles. The number of benzene rings is 1. The van der Waals surface area contributed by atoms with E-state index in [9.17, 15) is 0 Å². The van der Waals surface area contributed by atoms with E-state index >= 15 is 0 Å². The van der Waals surface area contributed by atoms with E-state index in [4.69, 9.17) is 13.6 Å². The molecule has 0 amide bonds. The normalized spacial score (nSPS) is 19.8. The van der Waals surface area contributed by atoms with Crippen molar-refractivity contribution in [1.29, 1.82) is 0 Å². The van der Waals surface area contributed by atoms with Crippen LogP contribution in [-0.4, -0.2) is 35.0 Å². The fourth-order valence-corrected chi connectivity index (χ4v) is 5.72. The van der Waals surface area contributed by atoms with Crippen LogP contribution < -0.4 is 5.19 Å². The Labute approximate surface area is 129 Å². The summed E-state index contributed by atoms with van der Waals surface area (Å²) in [6.07, 6.45) is 2.23. The van der Waals surface area contributed by atoms with Gasteiger partial charge in [0.05, 0.1) is 13.2 Å². The molecule has 1 aliphatic rings. The van der Waals surface area contributed by atoms with Gasteiger partial charge in [-0.15, -0.1) is 0 Å². The maximum absolute atomic E-state index is 6.40. The van der Waals surface area contributed by atoms with Crippen LogP contribution >= 0.6 is 0 Å². The number of rotatable bonds is 9. The minimum atomic E-state index is -2.29. The van der Waals surface area contributed by atoms with Crippen LogP contribution in [0, 0.1) is 5.41 Å². The highest BCUT2D eigenvalue weighted by Crippen LogP contribution is 2.35. The highest BCUT2D eigenvalue weighted by molar-refractivity contribution is 6.81. The molecule has 118 valence electrons. The van der Waals surface area contributed by atoms with Crippen molar-refractivity contribution >= 4 is 13.7 Å². The highest BCUT2D eigenvalue weighted by atomic mass is 28.4. The third kappa shape index (κ3) is 3.75. The molecule has 0 aromatic heterocycles. The van der Waals surface area contributed by atoms with Crippen molar-refractivity contribution in [3.63, 3.8) is 0 Å². The lowest BCUT2D eigenvalue weighted by atomic mass is 9.80. The van der Waals surface area contributed by atoms with Gasteiger partial charge in [0.25, 0.3) is 0 Å². The van der Waals surface area contributed by atoms with Gasteiger partial charge in [0, 0.05) is 18.6 Å². The number of ether oxygens (including phenoxy) is 1. The van der Waals surface area contributed by atoms with Gasteiger partial charge in [0.1, 0.15) is 0 Å². The van der Waals surface area contributed by atoms with Crippen LogP contribution in [0.15, 0.2) is 30.3 Å². The Morgan fingerprint density at radius 2 is 1.81 bits per heavy atom. The molecule has 1 heterocycles. The molecule has 1 unspecified atom stereocenters. The van der Waals surface area contributed by atoms with Crippen molar-refractivity contribution < 1.29 is 13.6 Å². The van der Waals surface area contributed by atoms with Gasteiger partial charge in [-0.2, -0.15) is 0 Å². The van der Waals surface area contributed by atoms with E-state index in [2.05, 4.69) is 45.0 Å². The first-order valence-corrected chi connectivity index (χ1v) is 10.1. The first kappa shape index (κ1) is 16.7. The van der Waals surface area contributed by atoms with Gasteiger partial charge in [-0.3, -0.25) is 0 Å². The van der Waals surface area contributed by atoms with E-state index in [0.29, 0.717) is 12.0 Å². The fraction of sp³-hybridized carbons (Fsp3) is 0.647. The van der Waals surface area contributed by atoms with E-state index < -0.39 is 8.56 Å². The van der Waals surface area contributed by atoms with Gasteiger partial charge in [-0.25, -0.2) is 0 Å². The quantitative estimate of drug-likeness (QED) is 0.656. The molecule has 0 radical (unpaired) electrons. The molecule has 0 aliphatic carbocycles. The Balaban J connectivity index is 2.02. The summed E-state index contributed by atoms with van der Waals surface area (Å²) >= 11 is 0. The molecule has 1 aromatic carbocycles. The van der Waals surface area contributed by atoms with Crippen molar-refractivity contribution in [2.45, 2.75) is 39.7 Å². The predicted molar refractivity (Wildman–Crippen MR) is 88.0 cm³/mol. The second-order valence-electron chi connectivity index (χ2n) is 5.85. The van der Waals surface area contributed by atoms with Gasteiger partial charge in [-0.05, 0) is 31.0 Å². The van der Waals surface area contributed by atoms with E-state index in [1.165, 1.54) is 5.19 Å². The average Bonchev–Trinajstić information content (AvgIpc) is 2.50. The van der Waals surface area contributed by atoms with Crippen molar-refractivity contribution in [2.24, 2.45) is 5.41 Å². The van der Waals surface area contributed by atoms with E-state index in [1.807, 2.05) is 6.07 Å². The third-order valence-electron chi connectivity index (χ3n) is 4.59. The standard InChI is InChI=1S/C17H28O3Si/c1-4-17(14-18-15-17)12-13-20-21(6-3,19-5-2)16-10-8-7-9-11-16/h7-11H,4-6,12-15H2,1-3H3. The van der Waals surface area contributed by atoms with Crippen LogP contribution in [0.3, 0.4) is 0 Å². The Bertz CT molecular complexity index is 414. The maximum atomic E-state index is 6.40. The summed E-state index contributed by atoms with van der Waals surface area (Å²) in [7, 11) is -2.29. The lowest BCUT2D eigenvalue weighted by Crippen LogP contribution is -2.54. The minimum absolute atomic E-state index is 0.344. The Morgan fingerprint density at radius 3 is 2.29 bits per heavy atom. The summed E-state index contributed by atoms with van der Waals surface area (Å²) in [5.74, 6) is 0. The Morgan fingerprint density at radius 1 is 1.10 bits per heavy atom. The molecule has 0 bridgehead atoms. The molecule has 21 heavy (non-hydrogen) atoms. The molecule has 0 spiro atoms. The smallest absolute Gasteiger partial charge is 0.372 e. The van der Waals surface area contributed by atoms with Crippen molar-refractivity contribution in [3.8, 4) is 0 Å². The third-order valence-corrected chi connectivity index (χ3v) is 8.16. The number of hydrogen-bond donors (Lipinski definition) is 0. The highest BCUT2D eigenvalue weighted by Gasteiger charge is 2.40. The summed E-state index contributed by atoms with van der Waals surface area (Å²) in [4.78, 5) is 0. The average molecular weight is 308 g/mol. The van der Waals surface area contributed by atoms with E-state index in [1.54, 1.807) is 0 Å². The Hall–Kier alpha value is -0.683. The Kier molecular flexibility index (Phi) is 5.99. The minimum Gasteiger partial charge on any atom is -0.391 e. The van der Waals surface area contributed by atoms with E-state index in [-0.39, 0.29) is 0 Å². The van der Waals surface area contributed by atoms with Gasteiger partial charge in [-0.1, -0.05) is 44.2 Å². The molecule has 0 N–H and O–H groups in total. The van der Waals surface area contributed by atoms with Crippen LogP contribution in [0.25, 0.3) is 0 Å². The lowest BCUT2D eigenvalue weighted by molar-refractivity contribution is -0.124. The summed E-state index contributed by atoms with van der Waals surface area (Å²) in [5.41, 5.74) is 0.344. The van der Waals surface area contributed by atoms with Crippen LogP contribution in [0.5, 0.6) is 0 Å². The topological polar surface area (TPSA) is 27.7 Å². The lowest BCUT2D eigenvalue weighted by Gasteiger charge is -2.41. The maximum Gasteiger partial charge on any atom is 0.372 e. The van der Waals surface area contributed by atoms with Crippen LogP contribution in [0.2, 0.25) is 6.04 Å². The van der Waals surface area contributed by atoms with Crippen molar-refractivity contribution in [3.05, 3.63) is 30.3 Å².